The molecule has 0 aliphatic carbocycles. The van der Waals surface area contributed by atoms with Crippen LogP contribution >= 0.6 is 0 Å². The van der Waals surface area contributed by atoms with E-state index in [4.69, 9.17) is 5.73 Å². The van der Waals surface area contributed by atoms with E-state index in [1.807, 2.05) is 25.1 Å². The van der Waals surface area contributed by atoms with Crippen molar-refractivity contribution in [3.8, 4) is 0 Å². The molecule has 2 aliphatic heterocycles. The number of imide groups is 1. The summed E-state index contributed by atoms with van der Waals surface area (Å²) >= 11 is 0. The molecule has 33 heavy (non-hydrogen) atoms. The van der Waals surface area contributed by atoms with Crippen LogP contribution in [0.1, 0.15) is 69.2 Å². The smallest absolute Gasteiger partial charge is 0.261 e. The molecule has 1 unspecified atom stereocenters. The molecule has 0 bridgehead atoms. The molecule has 2 aromatic carbocycles. The summed E-state index contributed by atoms with van der Waals surface area (Å²) in [4.78, 5) is 53.0. The van der Waals surface area contributed by atoms with E-state index < -0.39 is 0 Å². The molecule has 1 fully saturated rings. The SMILES string of the molecule is CCCCN1C(=O)c2ccc(C(=O)Nc3cccc(CN4CCCC4C(N)=O)c3)cc2C1=O. The van der Waals surface area contributed by atoms with E-state index in [-0.39, 0.29) is 35.2 Å². The molecule has 1 saturated heterocycles. The Bertz CT molecular complexity index is 1110. The topological polar surface area (TPSA) is 113 Å². The van der Waals surface area contributed by atoms with Crippen molar-refractivity contribution >= 4 is 29.3 Å². The molecule has 2 aromatic rings. The highest BCUT2D eigenvalue weighted by molar-refractivity contribution is 6.22. The van der Waals surface area contributed by atoms with E-state index in [1.54, 1.807) is 18.2 Å². The number of likely N-dealkylation sites (tertiary alicyclic amines) is 1. The number of fused-ring (bicyclic) bond motifs is 1. The normalized spacial score (nSPS) is 18.0. The quantitative estimate of drug-likeness (QED) is 0.603. The highest BCUT2D eigenvalue weighted by Gasteiger charge is 2.35. The van der Waals surface area contributed by atoms with Crippen molar-refractivity contribution in [1.82, 2.24) is 9.80 Å². The maximum Gasteiger partial charge on any atom is 0.261 e. The van der Waals surface area contributed by atoms with Crippen molar-refractivity contribution in [2.75, 3.05) is 18.4 Å². The Kier molecular flexibility index (Phi) is 6.55. The largest absolute Gasteiger partial charge is 0.368 e. The first kappa shape index (κ1) is 22.7. The van der Waals surface area contributed by atoms with Gasteiger partial charge in [-0.1, -0.05) is 25.5 Å². The minimum absolute atomic E-state index is 0.258. The fourth-order valence-electron chi connectivity index (χ4n) is 4.47. The molecule has 4 amide bonds. The number of nitrogens with zero attached hydrogens (tertiary/aromatic N) is 2. The van der Waals surface area contributed by atoms with Crippen LogP contribution in [0.4, 0.5) is 5.69 Å². The van der Waals surface area contributed by atoms with E-state index in [1.165, 1.54) is 11.0 Å². The van der Waals surface area contributed by atoms with Crippen molar-refractivity contribution in [3.05, 3.63) is 64.7 Å². The lowest BCUT2D eigenvalue weighted by Crippen LogP contribution is -2.39. The summed E-state index contributed by atoms with van der Waals surface area (Å²) < 4.78 is 0. The number of carbonyl (C=O) groups excluding carboxylic acids is 4. The van der Waals surface area contributed by atoms with E-state index in [0.29, 0.717) is 29.9 Å². The first-order chi connectivity index (χ1) is 15.9. The van der Waals surface area contributed by atoms with Gasteiger partial charge in [0.25, 0.3) is 17.7 Å². The van der Waals surface area contributed by atoms with Gasteiger partial charge >= 0.3 is 0 Å². The van der Waals surface area contributed by atoms with Gasteiger partial charge in [0.15, 0.2) is 0 Å². The maximum absolute atomic E-state index is 12.9. The average Bonchev–Trinajstić information content (AvgIpc) is 3.35. The van der Waals surface area contributed by atoms with Gasteiger partial charge in [-0.25, -0.2) is 0 Å². The van der Waals surface area contributed by atoms with Crippen LogP contribution in [-0.4, -0.2) is 52.6 Å². The Morgan fingerprint density at radius 2 is 1.88 bits per heavy atom. The molecule has 0 radical (unpaired) electrons. The Morgan fingerprint density at radius 1 is 1.09 bits per heavy atom. The lowest BCUT2D eigenvalue weighted by molar-refractivity contribution is -0.122. The lowest BCUT2D eigenvalue weighted by Gasteiger charge is -2.22. The average molecular weight is 449 g/mol. The highest BCUT2D eigenvalue weighted by Crippen LogP contribution is 2.25. The summed E-state index contributed by atoms with van der Waals surface area (Å²) in [6.07, 6.45) is 3.31. The highest BCUT2D eigenvalue weighted by atomic mass is 16.2. The van der Waals surface area contributed by atoms with Gasteiger partial charge < -0.3 is 11.1 Å². The number of amides is 4. The molecule has 4 rings (SSSR count). The van der Waals surface area contributed by atoms with Crippen molar-refractivity contribution in [1.29, 1.82) is 0 Å². The molecule has 172 valence electrons. The lowest BCUT2D eigenvalue weighted by atomic mass is 10.1. The van der Waals surface area contributed by atoms with Gasteiger partial charge in [-0.2, -0.15) is 0 Å². The molecule has 0 spiro atoms. The van der Waals surface area contributed by atoms with E-state index in [2.05, 4.69) is 10.2 Å². The van der Waals surface area contributed by atoms with E-state index in [9.17, 15) is 19.2 Å². The van der Waals surface area contributed by atoms with Crippen LogP contribution in [0, 0.1) is 0 Å². The molecular weight excluding hydrogens is 420 g/mol. The maximum atomic E-state index is 12.9. The van der Waals surface area contributed by atoms with Crippen molar-refractivity contribution in [2.45, 2.75) is 45.2 Å². The third-order valence-electron chi connectivity index (χ3n) is 6.23. The van der Waals surface area contributed by atoms with Crippen LogP contribution in [0.3, 0.4) is 0 Å². The van der Waals surface area contributed by atoms with Crippen LogP contribution in [-0.2, 0) is 11.3 Å². The van der Waals surface area contributed by atoms with Gasteiger partial charge in [-0.3, -0.25) is 29.0 Å². The predicted molar refractivity (Wildman–Crippen MR) is 124 cm³/mol. The van der Waals surface area contributed by atoms with Gasteiger partial charge in [0.2, 0.25) is 5.91 Å². The summed E-state index contributed by atoms with van der Waals surface area (Å²) in [7, 11) is 0. The summed E-state index contributed by atoms with van der Waals surface area (Å²) in [5, 5.41) is 2.86. The Hall–Kier alpha value is -3.52. The number of nitrogens with one attached hydrogen (secondary N) is 1. The molecule has 2 aliphatic rings. The van der Waals surface area contributed by atoms with Gasteiger partial charge in [0.05, 0.1) is 17.2 Å². The fraction of sp³-hybridized carbons (Fsp3) is 0.360. The standard InChI is InChI=1S/C25H28N4O4/c1-2-3-12-29-24(32)19-10-9-17(14-20(19)25(29)33)23(31)27-18-7-4-6-16(13-18)15-28-11-5-8-21(28)22(26)30/h4,6-7,9-10,13-14,21H,2-3,5,8,11-12,15H2,1H3,(H2,26,30)(H,27,31). The summed E-state index contributed by atoms with van der Waals surface area (Å²) in [5.41, 5.74) is 7.99. The van der Waals surface area contributed by atoms with Crippen molar-refractivity contribution in [3.63, 3.8) is 0 Å². The van der Waals surface area contributed by atoms with Crippen molar-refractivity contribution in [2.24, 2.45) is 5.73 Å². The molecule has 0 aromatic heterocycles. The van der Waals surface area contributed by atoms with E-state index in [0.717, 1.165) is 37.8 Å². The number of nitrogens with two attached hydrogens (primary N) is 1. The zero-order valence-electron chi connectivity index (χ0n) is 18.7. The zero-order valence-corrected chi connectivity index (χ0v) is 18.7. The number of primary amides is 1. The number of carbonyl (C=O) groups is 4. The first-order valence-corrected chi connectivity index (χ1v) is 11.3. The molecule has 8 heteroatoms. The number of unbranched alkanes of at least 4 members (excludes halogenated alkanes) is 1. The molecule has 3 N–H and O–H groups in total. The van der Waals surface area contributed by atoms with Gasteiger partial charge in [-0.05, 0) is 61.7 Å². The summed E-state index contributed by atoms with van der Waals surface area (Å²) in [6, 6.07) is 11.8. The number of benzene rings is 2. The fourth-order valence-corrected chi connectivity index (χ4v) is 4.47. The van der Waals surface area contributed by atoms with Gasteiger partial charge in [0, 0.05) is 24.3 Å². The Morgan fingerprint density at radius 3 is 2.64 bits per heavy atom. The molecular formula is C25H28N4O4. The monoisotopic (exact) mass is 448 g/mol. The Balaban J connectivity index is 1.46. The molecule has 2 heterocycles. The number of hydrogen-bond donors (Lipinski definition) is 2. The van der Waals surface area contributed by atoms with Gasteiger partial charge in [-0.15, -0.1) is 0 Å². The van der Waals surface area contributed by atoms with E-state index >= 15 is 0 Å². The van der Waals surface area contributed by atoms with Gasteiger partial charge in [0.1, 0.15) is 0 Å². The van der Waals surface area contributed by atoms with Crippen LogP contribution in [0.15, 0.2) is 42.5 Å². The predicted octanol–water partition coefficient (Wildman–Crippen LogP) is 2.78. The minimum Gasteiger partial charge on any atom is -0.368 e. The third-order valence-corrected chi connectivity index (χ3v) is 6.23. The second-order valence-corrected chi connectivity index (χ2v) is 8.56. The number of rotatable bonds is 8. The number of anilines is 1. The van der Waals surface area contributed by atoms with Crippen molar-refractivity contribution < 1.29 is 19.2 Å². The molecule has 8 nitrogen and oxygen atoms in total. The second-order valence-electron chi connectivity index (χ2n) is 8.56. The summed E-state index contributed by atoms with van der Waals surface area (Å²) in [5.74, 6) is -1.33. The zero-order chi connectivity index (χ0) is 23.5. The van der Waals surface area contributed by atoms with Crippen LogP contribution in [0.5, 0.6) is 0 Å². The first-order valence-electron chi connectivity index (χ1n) is 11.3. The molecule has 1 atom stereocenters. The minimum atomic E-state index is -0.363. The molecule has 0 saturated carbocycles. The number of hydrogen-bond acceptors (Lipinski definition) is 5. The second kappa shape index (κ2) is 9.54. The third kappa shape index (κ3) is 4.66. The van der Waals surface area contributed by atoms with Crippen LogP contribution in [0.25, 0.3) is 0 Å². The van der Waals surface area contributed by atoms with Crippen LogP contribution in [0.2, 0.25) is 0 Å². The Labute approximate surface area is 192 Å². The van der Waals surface area contributed by atoms with Crippen LogP contribution < -0.4 is 11.1 Å². The summed E-state index contributed by atoms with van der Waals surface area (Å²) in [6.45, 7) is 3.75.